The largest absolute Gasteiger partial charge is 0.379 e. The van der Waals surface area contributed by atoms with Crippen LogP contribution in [0.1, 0.15) is 18.4 Å². The van der Waals surface area contributed by atoms with Crippen LogP contribution in [0.5, 0.6) is 0 Å². The minimum Gasteiger partial charge on any atom is -0.379 e. The van der Waals surface area contributed by atoms with Crippen molar-refractivity contribution in [3.8, 4) is 6.07 Å². The average Bonchev–Trinajstić information content (AvgIpc) is 3.00. The minimum absolute atomic E-state index is 0.0761. The van der Waals surface area contributed by atoms with E-state index in [1.54, 1.807) is 24.8 Å². The fraction of sp³-hybridized carbons (Fsp3) is 0.308. The van der Waals surface area contributed by atoms with Crippen molar-refractivity contribution in [1.82, 2.24) is 14.8 Å². The monoisotopic (exact) mass is 286 g/mol. The number of unbranched alkanes of at least 4 members (excludes halogenated alkanes) is 1. The zero-order valence-electron chi connectivity index (χ0n) is 11.3. The van der Waals surface area contributed by atoms with Crippen LogP contribution >= 0.6 is 0 Å². The summed E-state index contributed by atoms with van der Waals surface area (Å²) in [6.45, 7) is 1.43. The minimum atomic E-state index is -0.486. The lowest BCUT2D eigenvalue weighted by atomic mass is 10.2. The molecule has 21 heavy (non-hydrogen) atoms. The number of rotatable bonds is 7. The number of anilines is 1. The zero-order chi connectivity index (χ0) is 15.1. The Morgan fingerprint density at radius 1 is 1.33 bits per heavy atom. The van der Waals surface area contributed by atoms with Gasteiger partial charge in [-0.3, -0.25) is 10.1 Å². The SMILES string of the molecule is N#Cc1ccc(NCCCCn2cnnc2)c([N+](=O)[O-])c1. The Morgan fingerprint density at radius 3 is 2.76 bits per heavy atom. The van der Waals surface area contributed by atoms with Gasteiger partial charge in [-0.15, -0.1) is 10.2 Å². The van der Waals surface area contributed by atoms with Crippen LogP contribution in [0.3, 0.4) is 0 Å². The van der Waals surface area contributed by atoms with Crippen LogP contribution in [0.4, 0.5) is 11.4 Å². The molecule has 108 valence electrons. The van der Waals surface area contributed by atoms with Gasteiger partial charge in [-0.1, -0.05) is 0 Å². The molecule has 0 atom stereocenters. The van der Waals surface area contributed by atoms with Crippen molar-refractivity contribution in [3.05, 3.63) is 46.5 Å². The van der Waals surface area contributed by atoms with Crippen molar-refractivity contribution in [2.24, 2.45) is 0 Å². The van der Waals surface area contributed by atoms with E-state index in [-0.39, 0.29) is 11.3 Å². The van der Waals surface area contributed by atoms with Gasteiger partial charge in [0, 0.05) is 19.2 Å². The predicted molar refractivity (Wildman–Crippen MR) is 75.6 cm³/mol. The summed E-state index contributed by atoms with van der Waals surface area (Å²) in [7, 11) is 0. The number of nitriles is 1. The van der Waals surface area contributed by atoms with E-state index in [1.807, 2.05) is 10.6 Å². The number of hydrogen-bond donors (Lipinski definition) is 1. The van der Waals surface area contributed by atoms with Gasteiger partial charge in [-0.2, -0.15) is 5.26 Å². The normalized spacial score (nSPS) is 10.0. The number of nitrogens with zero attached hydrogens (tertiary/aromatic N) is 5. The van der Waals surface area contributed by atoms with Crippen molar-refractivity contribution in [3.63, 3.8) is 0 Å². The summed E-state index contributed by atoms with van der Waals surface area (Å²) in [6.07, 6.45) is 5.07. The Balaban J connectivity index is 1.85. The van der Waals surface area contributed by atoms with E-state index in [0.717, 1.165) is 19.4 Å². The van der Waals surface area contributed by atoms with Gasteiger partial charge in [-0.05, 0) is 25.0 Å². The topological polar surface area (TPSA) is 110 Å². The standard InChI is InChI=1S/C13H14N6O2/c14-8-11-3-4-12(13(7-11)19(20)21)15-5-1-2-6-18-9-16-17-10-18/h3-4,7,9-10,15H,1-2,5-6H2. The molecule has 0 unspecified atom stereocenters. The summed E-state index contributed by atoms with van der Waals surface area (Å²) >= 11 is 0. The number of nitrogens with one attached hydrogen (secondary N) is 1. The highest BCUT2D eigenvalue weighted by atomic mass is 16.6. The Labute approximate surface area is 121 Å². The average molecular weight is 286 g/mol. The maximum absolute atomic E-state index is 11.0. The van der Waals surface area contributed by atoms with Crippen LogP contribution in [0.25, 0.3) is 0 Å². The third-order valence-electron chi connectivity index (χ3n) is 2.95. The number of benzene rings is 1. The van der Waals surface area contributed by atoms with Crippen LogP contribution in [0, 0.1) is 21.4 Å². The molecule has 0 amide bonds. The molecule has 0 radical (unpaired) electrons. The Morgan fingerprint density at radius 2 is 2.10 bits per heavy atom. The van der Waals surface area contributed by atoms with Crippen molar-refractivity contribution in [2.75, 3.05) is 11.9 Å². The van der Waals surface area contributed by atoms with Gasteiger partial charge in [-0.25, -0.2) is 0 Å². The van der Waals surface area contributed by atoms with Crippen molar-refractivity contribution < 1.29 is 4.92 Å². The van der Waals surface area contributed by atoms with Crippen LogP contribution in [0.15, 0.2) is 30.9 Å². The molecule has 1 aromatic heterocycles. The molecule has 0 saturated carbocycles. The van der Waals surface area contributed by atoms with E-state index in [1.165, 1.54) is 6.07 Å². The van der Waals surface area contributed by atoms with Gasteiger partial charge in [0.2, 0.25) is 0 Å². The van der Waals surface area contributed by atoms with Gasteiger partial charge in [0.25, 0.3) is 5.69 Å². The maximum Gasteiger partial charge on any atom is 0.293 e. The number of aryl methyl sites for hydroxylation is 1. The molecule has 1 aromatic carbocycles. The second-order valence-corrected chi connectivity index (χ2v) is 4.43. The van der Waals surface area contributed by atoms with E-state index in [4.69, 9.17) is 5.26 Å². The highest BCUT2D eigenvalue weighted by molar-refractivity contribution is 5.63. The molecule has 0 bridgehead atoms. The molecule has 0 aliphatic carbocycles. The van der Waals surface area contributed by atoms with Crippen molar-refractivity contribution in [2.45, 2.75) is 19.4 Å². The molecule has 0 aliphatic heterocycles. The van der Waals surface area contributed by atoms with Crippen LogP contribution in [-0.2, 0) is 6.54 Å². The number of aromatic nitrogens is 3. The predicted octanol–water partition coefficient (Wildman–Crippen LogP) is 1.95. The van der Waals surface area contributed by atoms with E-state index in [9.17, 15) is 10.1 Å². The first-order chi connectivity index (χ1) is 10.2. The third kappa shape index (κ3) is 4.01. The molecule has 0 saturated heterocycles. The second kappa shape index (κ2) is 7.00. The lowest BCUT2D eigenvalue weighted by molar-refractivity contribution is -0.384. The van der Waals surface area contributed by atoms with Gasteiger partial charge >= 0.3 is 0 Å². The zero-order valence-corrected chi connectivity index (χ0v) is 11.3. The molecule has 0 spiro atoms. The molecule has 1 N–H and O–H groups in total. The Bertz CT molecular complexity index is 647. The third-order valence-corrected chi connectivity index (χ3v) is 2.95. The van der Waals surface area contributed by atoms with E-state index in [0.29, 0.717) is 12.2 Å². The molecule has 2 rings (SSSR count). The van der Waals surface area contributed by atoms with Gasteiger partial charge in [0.05, 0.1) is 16.6 Å². The van der Waals surface area contributed by atoms with E-state index >= 15 is 0 Å². The van der Waals surface area contributed by atoms with E-state index in [2.05, 4.69) is 15.5 Å². The summed E-state index contributed by atoms with van der Waals surface area (Å²) in [6, 6.07) is 6.30. The number of hydrogen-bond acceptors (Lipinski definition) is 6. The molecule has 8 nitrogen and oxygen atoms in total. The van der Waals surface area contributed by atoms with E-state index < -0.39 is 4.92 Å². The molecule has 1 heterocycles. The maximum atomic E-state index is 11.0. The molecule has 8 heteroatoms. The fourth-order valence-corrected chi connectivity index (χ4v) is 1.88. The molecular weight excluding hydrogens is 272 g/mol. The van der Waals surface area contributed by atoms with Crippen LogP contribution in [0.2, 0.25) is 0 Å². The summed E-state index contributed by atoms with van der Waals surface area (Å²) in [5, 5.41) is 30.2. The smallest absolute Gasteiger partial charge is 0.293 e. The first kappa shape index (κ1) is 14.5. The second-order valence-electron chi connectivity index (χ2n) is 4.43. The lowest BCUT2D eigenvalue weighted by Gasteiger charge is -2.07. The summed E-state index contributed by atoms with van der Waals surface area (Å²) in [5.74, 6) is 0. The van der Waals surface area contributed by atoms with Crippen LogP contribution < -0.4 is 5.32 Å². The first-order valence-corrected chi connectivity index (χ1v) is 6.45. The highest BCUT2D eigenvalue weighted by Crippen LogP contribution is 2.25. The van der Waals surface area contributed by atoms with Gasteiger partial charge < -0.3 is 9.88 Å². The fourth-order valence-electron chi connectivity index (χ4n) is 1.88. The molecule has 2 aromatic rings. The number of nitro groups is 1. The van der Waals surface area contributed by atoms with Crippen molar-refractivity contribution >= 4 is 11.4 Å². The van der Waals surface area contributed by atoms with Gasteiger partial charge in [0.1, 0.15) is 18.3 Å². The lowest BCUT2D eigenvalue weighted by Crippen LogP contribution is -2.06. The summed E-state index contributed by atoms with van der Waals surface area (Å²) < 4.78 is 1.88. The summed E-state index contributed by atoms with van der Waals surface area (Å²) in [4.78, 5) is 10.5. The molecule has 0 aliphatic rings. The molecular formula is C13H14N6O2. The Kier molecular flexibility index (Phi) is 4.82. The van der Waals surface area contributed by atoms with Crippen LogP contribution in [-0.4, -0.2) is 26.2 Å². The highest BCUT2D eigenvalue weighted by Gasteiger charge is 2.13. The summed E-state index contributed by atoms with van der Waals surface area (Å²) in [5.41, 5.74) is 0.635. The number of nitro benzene ring substituents is 1. The van der Waals surface area contributed by atoms with Gasteiger partial charge in [0.15, 0.2) is 0 Å². The molecule has 0 fully saturated rings. The first-order valence-electron chi connectivity index (χ1n) is 6.45. The Hall–Kier alpha value is -2.95. The quantitative estimate of drug-likeness (QED) is 0.473. The van der Waals surface area contributed by atoms with Crippen molar-refractivity contribution in [1.29, 1.82) is 5.26 Å².